The molecule has 0 aromatic carbocycles. The van der Waals surface area contributed by atoms with Gasteiger partial charge in [-0.25, -0.2) is 0 Å². The van der Waals surface area contributed by atoms with Crippen LogP contribution in [-0.2, 0) is 9.53 Å². The highest BCUT2D eigenvalue weighted by Gasteiger charge is 2.38. The molecule has 1 fully saturated rings. The molecule has 0 spiro atoms. The van der Waals surface area contributed by atoms with Crippen molar-refractivity contribution in [2.45, 2.75) is 71.5 Å². The van der Waals surface area contributed by atoms with Gasteiger partial charge in [0.1, 0.15) is 6.10 Å². The number of carbonyl (C=O) groups is 1. The number of rotatable bonds is 4. The SMILES string of the molecule is CCC(C)C(=O)OC1CCCCC1C(C)(C)O. The fraction of sp³-hybridized carbons (Fsp3) is 0.929. The van der Waals surface area contributed by atoms with Crippen molar-refractivity contribution in [1.82, 2.24) is 0 Å². The summed E-state index contributed by atoms with van der Waals surface area (Å²) in [6.45, 7) is 7.50. The molecule has 0 aromatic rings. The molecule has 3 atom stereocenters. The van der Waals surface area contributed by atoms with Crippen LogP contribution in [-0.4, -0.2) is 22.8 Å². The van der Waals surface area contributed by atoms with Gasteiger partial charge < -0.3 is 9.84 Å². The van der Waals surface area contributed by atoms with Crippen molar-refractivity contribution in [3.05, 3.63) is 0 Å². The molecular formula is C14H26O3. The van der Waals surface area contributed by atoms with Gasteiger partial charge in [0, 0.05) is 5.92 Å². The first kappa shape index (κ1) is 14.5. The Kier molecular flexibility index (Phi) is 4.99. The van der Waals surface area contributed by atoms with Crippen LogP contribution in [0.25, 0.3) is 0 Å². The highest BCUT2D eigenvalue weighted by atomic mass is 16.5. The van der Waals surface area contributed by atoms with Gasteiger partial charge in [0.25, 0.3) is 0 Å². The summed E-state index contributed by atoms with van der Waals surface area (Å²) in [5.41, 5.74) is -0.763. The second-order valence-corrected chi connectivity index (χ2v) is 5.83. The zero-order valence-corrected chi connectivity index (χ0v) is 11.5. The largest absolute Gasteiger partial charge is 0.462 e. The summed E-state index contributed by atoms with van der Waals surface area (Å²) in [5, 5.41) is 10.1. The van der Waals surface area contributed by atoms with Crippen molar-refractivity contribution in [3.8, 4) is 0 Å². The monoisotopic (exact) mass is 242 g/mol. The summed E-state index contributed by atoms with van der Waals surface area (Å²) in [4.78, 5) is 11.8. The quantitative estimate of drug-likeness (QED) is 0.771. The highest BCUT2D eigenvalue weighted by molar-refractivity contribution is 5.72. The molecule has 0 heterocycles. The van der Waals surface area contributed by atoms with Crippen molar-refractivity contribution < 1.29 is 14.6 Å². The fourth-order valence-electron chi connectivity index (χ4n) is 2.48. The van der Waals surface area contributed by atoms with Crippen LogP contribution in [0.1, 0.15) is 59.8 Å². The summed E-state index contributed by atoms with van der Waals surface area (Å²) in [7, 11) is 0. The van der Waals surface area contributed by atoms with Gasteiger partial charge in [-0.15, -0.1) is 0 Å². The molecule has 0 aromatic heterocycles. The van der Waals surface area contributed by atoms with Gasteiger partial charge in [-0.1, -0.05) is 20.3 Å². The first-order valence-corrected chi connectivity index (χ1v) is 6.79. The molecule has 100 valence electrons. The molecule has 0 aliphatic heterocycles. The van der Waals surface area contributed by atoms with Gasteiger partial charge in [-0.05, 0) is 39.5 Å². The van der Waals surface area contributed by atoms with E-state index >= 15 is 0 Å². The Morgan fingerprint density at radius 3 is 2.53 bits per heavy atom. The average Bonchev–Trinajstić information content (AvgIpc) is 2.27. The van der Waals surface area contributed by atoms with Crippen molar-refractivity contribution in [2.75, 3.05) is 0 Å². The Balaban J connectivity index is 2.63. The minimum Gasteiger partial charge on any atom is -0.462 e. The van der Waals surface area contributed by atoms with Crippen molar-refractivity contribution >= 4 is 5.97 Å². The third kappa shape index (κ3) is 3.98. The first-order chi connectivity index (χ1) is 7.86. The standard InChI is InChI=1S/C14H26O3/c1-5-10(2)13(15)17-12-9-7-6-8-11(12)14(3,4)16/h10-12,16H,5-9H2,1-4H3. The lowest BCUT2D eigenvalue weighted by Crippen LogP contribution is -2.43. The van der Waals surface area contributed by atoms with Gasteiger partial charge in [0.15, 0.2) is 0 Å². The molecule has 1 aliphatic rings. The van der Waals surface area contributed by atoms with Crippen LogP contribution in [0.15, 0.2) is 0 Å². The molecule has 3 heteroatoms. The molecule has 3 nitrogen and oxygen atoms in total. The average molecular weight is 242 g/mol. The number of ether oxygens (including phenoxy) is 1. The van der Waals surface area contributed by atoms with E-state index in [1.807, 2.05) is 27.7 Å². The van der Waals surface area contributed by atoms with E-state index in [-0.39, 0.29) is 23.9 Å². The van der Waals surface area contributed by atoms with E-state index in [1.54, 1.807) is 0 Å². The van der Waals surface area contributed by atoms with Crippen molar-refractivity contribution in [2.24, 2.45) is 11.8 Å². The second-order valence-electron chi connectivity index (χ2n) is 5.83. The van der Waals surface area contributed by atoms with Crippen LogP contribution in [0.5, 0.6) is 0 Å². The van der Waals surface area contributed by atoms with Gasteiger partial charge in [-0.3, -0.25) is 4.79 Å². The lowest BCUT2D eigenvalue weighted by atomic mass is 9.76. The Morgan fingerprint density at radius 2 is 2.00 bits per heavy atom. The zero-order valence-electron chi connectivity index (χ0n) is 11.5. The van der Waals surface area contributed by atoms with Gasteiger partial charge in [0.05, 0.1) is 11.5 Å². The minimum atomic E-state index is -0.763. The maximum atomic E-state index is 11.8. The summed E-state index contributed by atoms with van der Waals surface area (Å²) in [5.74, 6) is -0.0858. The normalized spacial score (nSPS) is 27.6. The molecule has 1 rings (SSSR count). The van der Waals surface area contributed by atoms with Crippen LogP contribution in [0.2, 0.25) is 0 Å². The van der Waals surface area contributed by atoms with Crippen LogP contribution >= 0.6 is 0 Å². The molecule has 17 heavy (non-hydrogen) atoms. The molecular weight excluding hydrogens is 216 g/mol. The number of carbonyl (C=O) groups excluding carboxylic acids is 1. The number of esters is 1. The molecule has 1 aliphatic carbocycles. The Bertz CT molecular complexity index is 255. The van der Waals surface area contributed by atoms with Crippen LogP contribution in [0, 0.1) is 11.8 Å². The Labute approximate surface area is 105 Å². The van der Waals surface area contributed by atoms with Crippen molar-refractivity contribution in [1.29, 1.82) is 0 Å². The highest BCUT2D eigenvalue weighted by Crippen LogP contribution is 2.35. The summed E-state index contributed by atoms with van der Waals surface area (Å²) < 4.78 is 5.58. The summed E-state index contributed by atoms with van der Waals surface area (Å²) in [6, 6.07) is 0. The van der Waals surface area contributed by atoms with E-state index in [2.05, 4.69) is 0 Å². The van der Waals surface area contributed by atoms with E-state index in [9.17, 15) is 9.90 Å². The maximum absolute atomic E-state index is 11.8. The van der Waals surface area contributed by atoms with Crippen LogP contribution < -0.4 is 0 Å². The van der Waals surface area contributed by atoms with Gasteiger partial charge in [0.2, 0.25) is 0 Å². The van der Waals surface area contributed by atoms with Gasteiger partial charge >= 0.3 is 5.97 Å². The van der Waals surface area contributed by atoms with E-state index in [0.717, 1.165) is 32.1 Å². The fourth-order valence-corrected chi connectivity index (χ4v) is 2.48. The third-order valence-corrected chi connectivity index (χ3v) is 3.89. The van der Waals surface area contributed by atoms with E-state index < -0.39 is 5.60 Å². The summed E-state index contributed by atoms with van der Waals surface area (Å²) >= 11 is 0. The molecule has 1 N–H and O–H groups in total. The predicted octanol–water partition coefficient (Wildman–Crippen LogP) is 2.91. The molecule has 0 bridgehead atoms. The smallest absolute Gasteiger partial charge is 0.308 e. The van der Waals surface area contributed by atoms with E-state index in [1.165, 1.54) is 0 Å². The van der Waals surface area contributed by atoms with E-state index in [0.29, 0.717) is 0 Å². The minimum absolute atomic E-state index is 0.0422. The molecule has 1 saturated carbocycles. The Morgan fingerprint density at radius 1 is 1.41 bits per heavy atom. The van der Waals surface area contributed by atoms with Crippen LogP contribution in [0.3, 0.4) is 0 Å². The van der Waals surface area contributed by atoms with E-state index in [4.69, 9.17) is 4.74 Å². The van der Waals surface area contributed by atoms with Gasteiger partial charge in [-0.2, -0.15) is 0 Å². The molecule has 3 unspecified atom stereocenters. The van der Waals surface area contributed by atoms with Crippen LogP contribution in [0.4, 0.5) is 0 Å². The Hall–Kier alpha value is -0.570. The molecule has 0 radical (unpaired) electrons. The molecule has 0 saturated heterocycles. The summed E-state index contributed by atoms with van der Waals surface area (Å²) in [6.07, 6.45) is 4.74. The lowest BCUT2D eigenvalue weighted by molar-refractivity contribution is -0.165. The first-order valence-electron chi connectivity index (χ1n) is 6.79. The zero-order chi connectivity index (χ0) is 13.1. The number of hydrogen-bond donors (Lipinski definition) is 1. The maximum Gasteiger partial charge on any atom is 0.308 e. The topological polar surface area (TPSA) is 46.5 Å². The number of hydrogen-bond acceptors (Lipinski definition) is 3. The second kappa shape index (κ2) is 5.85. The third-order valence-electron chi connectivity index (χ3n) is 3.89. The van der Waals surface area contributed by atoms with Crippen molar-refractivity contribution in [3.63, 3.8) is 0 Å². The lowest BCUT2D eigenvalue weighted by Gasteiger charge is -2.38. The predicted molar refractivity (Wildman–Crippen MR) is 67.6 cm³/mol. The number of aliphatic hydroxyl groups is 1. The molecule has 0 amide bonds.